The van der Waals surface area contributed by atoms with Gasteiger partial charge in [0.05, 0.1) is 0 Å². The maximum atomic E-state index is 11.8. The van der Waals surface area contributed by atoms with E-state index in [0.29, 0.717) is 5.82 Å². The predicted molar refractivity (Wildman–Crippen MR) is 75.5 cm³/mol. The van der Waals surface area contributed by atoms with Crippen LogP contribution in [0.15, 0.2) is 10.7 Å². The van der Waals surface area contributed by atoms with E-state index in [4.69, 9.17) is 0 Å². The fourth-order valence-electron chi connectivity index (χ4n) is 1.54. The van der Waals surface area contributed by atoms with Gasteiger partial charge in [0.1, 0.15) is 22.3 Å². The molecule has 1 amide bonds. The first-order valence-electron chi connectivity index (χ1n) is 5.95. The van der Waals surface area contributed by atoms with Gasteiger partial charge >= 0.3 is 0 Å². The summed E-state index contributed by atoms with van der Waals surface area (Å²) >= 11 is 3.35. The summed E-state index contributed by atoms with van der Waals surface area (Å²) in [6.45, 7) is 3.90. The summed E-state index contributed by atoms with van der Waals surface area (Å²) in [7, 11) is 3.47. The Morgan fingerprint density at radius 3 is 2.72 bits per heavy atom. The largest absolute Gasteiger partial charge is 0.358 e. The van der Waals surface area contributed by atoms with Gasteiger partial charge in [-0.3, -0.25) is 4.79 Å². The van der Waals surface area contributed by atoms with Crippen molar-refractivity contribution in [2.75, 3.05) is 19.4 Å². The lowest BCUT2D eigenvalue weighted by Crippen LogP contribution is -2.36. The van der Waals surface area contributed by atoms with Crippen molar-refractivity contribution in [3.63, 3.8) is 0 Å². The minimum atomic E-state index is -0.309. The molecule has 1 aromatic rings. The Morgan fingerprint density at radius 2 is 2.17 bits per heavy atom. The van der Waals surface area contributed by atoms with Gasteiger partial charge in [-0.25, -0.2) is 9.97 Å². The van der Waals surface area contributed by atoms with E-state index < -0.39 is 0 Å². The van der Waals surface area contributed by atoms with Gasteiger partial charge in [-0.05, 0) is 29.3 Å². The molecule has 0 saturated carbocycles. The Hall–Kier alpha value is -1.17. The zero-order chi connectivity index (χ0) is 13.7. The molecule has 1 atom stereocenters. The summed E-state index contributed by atoms with van der Waals surface area (Å²) in [6.07, 6.45) is 1.81. The van der Waals surface area contributed by atoms with E-state index in [1.54, 1.807) is 25.1 Å². The summed E-state index contributed by atoms with van der Waals surface area (Å²) in [6, 6.07) is 1.47. The highest BCUT2D eigenvalue weighted by molar-refractivity contribution is 9.10. The van der Waals surface area contributed by atoms with Crippen LogP contribution in [0, 0.1) is 0 Å². The number of hydrogen-bond acceptors (Lipinski definition) is 4. The Bertz CT molecular complexity index is 423. The van der Waals surface area contributed by atoms with Crippen LogP contribution in [-0.2, 0) is 11.2 Å². The molecular formula is C12H19BrN4O. The second kappa shape index (κ2) is 6.68. The predicted octanol–water partition coefficient (Wildman–Crippen LogP) is 2.08. The molecule has 1 heterocycles. The van der Waals surface area contributed by atoms with Gasteiger partial charge in [0, 0.05) is 26.6 Å². The zero-order valence-corrected chi connectivity index (χ0v) is 12.8. The normalized spacial score (nSPS) is 12.1. The van der Waals surface area contributed by atoms with Gasteiger partial charge in [0.25, 0.3) is 0 Å². The van der Waals surface area contributed by atoms with Gasteiger partial charge in [-0.15, -0.1) is 0 Å². The minimum Gasteiger partial charge on any atom is -0.358 e. The number of hydrogen-bond donors (Lipinski definition) is 1. The molecule has 18 heavy (non-hydrogen) atoms. The Balaban J connectivity index is 2.80. The molecule has 1 aromatic heterocycles. The van der Waals surface area contributed by atoms with Gasteiger partial charge in [-0.2, -0.15) is 0 Å². The molecule has 1 rings (SSSR count). The lowest BCUT2D eigenvalue weighted by Gasteiger charge is -2.18. The quantitative estimate of drug-likeness (QED) is 0.845. The van der Waals surface area contributed by atoms with E-state index >= 15 is 0 Å². The van der Waals surface area contributed by atoms with Crippen LogP contribution in [0.3, 0.4) is 0 Å². The van der Waals surface area contributed by atoms with E-state index in [1.165, 1.54) is 0 Å². The molecule has 0 aliphatic rings. The lowest BCUT2D eigenvalue weighted by molar-refractivity contribution is -0.129. The number of carbonyl (C=O) groups is 1. The molecule has 0 spiro atoms. The molecule has 5 nitrogen and oxygen atoms in total. The van der Waals surface area contributed by atoms with Crippen molar-refractivity contribution in [2.45, 2.75) is 32.7 Å². The average Bonchev–Trinajstić information content (AvgIpc) is 2.27. The summed E-state index contributed by atoms with van der Waals surface area (Å²) in [5, 5.41) is 3.09. The summed E-state index contributed by atoms with van der Waals surface area (Å²) in [5.41, 5.74) is 0. The van der Waals surface area contributed by atoms with Crippen LogP contribution in [0.1, 0.15) is 26.1 Å². The van der Waals surface area contributed by atoms with Crippen LogP contribution < -0.4 is 5.32 Å². The van der Waals surface area contributed by atoms with E-state index in [0.717, 1.165) is 23.3 Å². The van der Waals surface area contributed by atoms with Crippen LogP contribution >= 0.6 is 15.9 Å². The zero-order valence-electron chi connectivity index (χ0n) is 11.2. The first kappa shape index (κ1) is 14.9. The van der Waals surface area contributed by atoms with Crippen LogP contribution in [0.5, 0.6) is 0 Å². The van der Waals surface area contributed by atoms with E-state index in [1.807, 2.05) is 6.92 Å². The van der Waals surface area contributed by atoms with E-state index in [9.17, 15) is 4.79 Å². The highest BCUT2D eigenvalue weighted by atomic mass is 79.9. The third-order valence-corrected chi connectivity index (χ3v) is 2.80. The molecule has 0 bridgehead atoms. The number of rotatable bonds is 5. The van der Waals surface area contributed by atoms with Crippen LogP contribution in [0.2, 0.25) is 0 Å². The van der Waals surface area contributed by atoms with Crippen LogP contribution in [0.25, 0.3) is 0 Å². The number of halogens is 1. The van der Waals surface area contributed by atoms with Gasteiger partial charge in [0.2, 0.25) is 5.91 Å². The molecule has 0 fully saturated rings. The van der Waals surface area contributed by atoms with Crippen molar-refractivity contribution >= 4 is 27.7 Å². The number of aromatic nitrogens is 2. The second-order valence-corrected chi connectivity index (χ2v) is 5.15. The number of carbonyl (C=O) groups excluding carboxylic acids is 1. The fourth-order valence-corrected chi connectivity index (χ4v) is 1.97. The SMILES string of the molecule is CCCc1nc(Br)cc(NC(C)C(=O)N(C)C)n1. The van der Waals surface area contributed by atoms with Crippen molar-refractivity contribution in [3.8, 4) is 0 Å². The third kappa shape index (κ3) is 4.25. The first-order valence-corrected chi connectivity index (χ1v) is 6.74. The standard InChI is InChI=1S/C12H19BrN4O/c1-5-6-10-15-9(13)7-11(16-10)14-8(2)12(18)17(3)4/h7-8H,5-6H2,1-4H3,(H,14,15,16). The maximum absolute atomic E-state index is 11.8. The summed E-state index contributed by atoms with van der Waals surface area (Å²) in [5.74, 6) is 1.46. The topological polar surface area (TPSA) is 58.1 Å². The van der Waals surface area contributed by atoms with Crippen LogP contribution in [-0.4, -0.2) is 40.9 Å². The molecule has 1 unspecified atom stereocenters. The molecule has 0 aromatic carbocycles. The molecule has 100 valence electrons. The van der Waals surface area contributed by atoms with Crippen molar-refractivity contribution in [3.05, 3.63) is 16.5 Å². The molecule has 0 saturated heterocycles. The van der Waals surface area contributed by atoms with Gasteiger partial charge < -0.3 is 10.2 Å². The highest BCUT2D eigenvalue weighted by Gasteiger charge is 2.15. The minimum absolute atomic E-state index is 0.0155. The third-order valence-electron chi connectivity index (χ3n) is 2.39. The van der Waals surface area contributed by atoms with Crippen LogP contribution in [0.4, 0.5) is 5.82 Å². The number of nitrogens with one attached hydrogen (secondary N) is 1. The van der Waals surface area contributed by atoms with Crippen molar-refractivity contribution in [1.29, 1.82) is 0 Å². The van der Waals surface area contributed by atoms with Gasteiger partial charge in [-0.1, -0.05) is 6.92 Å². The van der Waals surface area contributed by atoms with Crippen molar-refractivity contribution in [1.82, 2.24) is 14.9 Å². The average molecular weight is 315 g/mol. The first-order chi connectivity index (χ1) is 8.43. The lowest BCUT2D eigenvalue weighted by atomic mass is 10.3. The summed E-state index contributed by atoms with van der Waals surface area (Å²) in [4.78, 5) is 22.0. The number of nitrogens with zero attached hydrogens (tertiary/aromatic N) is 3. The number of aryl methyl sites for hydroxylation is 1. The van der Waals surface area contributed by atoms with Crippen molar-refractivity contribution < 1.29 is 4.79 Å². The Labute approximate surface area is 116 Å². The second-order valence-electron chi connectivity index (χ2n) is 4.34. The fraction of sp³-hybridized carbons (Fsp3) is 0.583. The molecule has 6 heteroatoms. The highest BCUT2D eigenvalue weighted by Crippen LogP contribution is 2.14. The van der Waals surface area contributed by atoms with Crippen molar-refractivity contribution in [2.24, 2.45) is 0 Å². The molecule has 0 aliphatic carbocycles. The molecule has 0 aliphatic heterocycles. The van der Waals surface area contributed by atoms with E-state index in [2.05, 4.69) is 38.1 Å². The van der Waals surface area contributed by atoms with Gasteiger partial charge in [0.15, 0.2) is 0 Å². The number of likely N-dealkylation sites (N-methyl/N-ethyl adjacent to an activating group) is 1. The number of anilines is 1. The Kier molecular flexibility index (Phi) is 5.53. The monoisotopic (exact) mass is 314 g/mol. The Morgan fingerprint density at radius 1 is 1.50 bits per heavy atom. The summed E-state index contributed by atoms with van der Waals surface area (Å²) < 4.78 is 0.730. The molecular weight excluding hydrogens is 296 g/mol. The number of amides is 1. The maximum Gasteiger partial charge on any atom is 0.244 e. The molecule has 1 N–H and O–H groups in total. The molecule has 0 radical (unpaired) electrons. The smallest absolute Gasteiger partial charge is 0.244 e. The van der Waals surface area contributed by atoms with E-state index in [-0.39, 0.29) is 11.9 Å².